The van der Waals surface area contributed by atoms with E-state index in [9.17, 15) is 0 Å². The first kappa shape index (κ1) is 9.92. The van der Waals surface area contributed by atoms with Crippen molar-refractivity contribution in [3.63, 3.8) is 0 Å². The van der Waals surface area contributed by atoms with E-state index in [2.05, 4.69) is 17.6 Å². The van der Waals surface area contributed by atoms with Gasteiger partial charge >= 0.3 is 0 Å². The maximum absolute atomic E-state index is 9.07. The number of aliphatic hydroxyl groups excluding tert-OH is 1. The minimum atomic E-state index is -0.658. The number of hydrogen-bond acceptors (Lipinski definition) is 4. The Hall–Kier alpha value is -0.160. The summed E-state index contributed by atoms with van der Waals surface area (Å²) in [5.41, 5.74) is 0. The minimum Gasteiger partial charge on any atom is -0.390 e. The smallest absolute Gasteiger partial charge is 0.198 e. The maximum Gasteiger partial charge on any atom is 0.198 e. The van der Waals surface area contributed by atoms with Crippen LogP contribution in [0.1, 0.15) is 19.8 Å². The average Bonchev–Trinajstić information content (AvgIpc) is 2.55. The van der Waals surface area contributed by atoms with Gasteiger partial charge in [-0.2, -0.15) is 0 Å². The van der Waals surface area contributed by atoms with Crippen LogP contribution in [0.3, 0.4) is 0 Å². The molecule has 4 nitrogen and oxygen atoms in total. The zero-order valence-corrected chi connectivity index (χ0v) is 7.60. The summed E-state index contributed by atoms with van der Waals surface area (Å²) < 4.78 is 5.36. The highest BCUT2D eigenvalue weighted by molar-refractivity contribution is 4.79. The molecule has 1 heterocycles. The maximum atomic E-state index is 9.07. The molecule has 0 amide bonds. The molecule has 1 atom stereocenters. The van der Waals surface area contributed by atoms with Gasteiger partial charge in [0.2, 0.25) is 0 Å². The summed E-state index contributed by atoms with van der Waals surface area (Å²) in [6.45, 7) is 4.47. The van der Waals surface area contributed by atoms with E-state index in [1.54, 1.807) is 0 Å². The van der Waals surface area contributed by atoms with Crippen LogP contribution in [0.5, 0.6) is 0 Å². The Morgan fingerprint density at radius 1 is 1.67 bits per heavy atom. The Morgan fingerprint density at radius 3 is 3.00 bits per heavy atom. The quantitative estimate of drug-likeness (QED) is 0.498. The Kier molecular flexibility index (Phi) is 3.94. The van der Waals surface area contributed by atoms with Gasteiger partial charge in [-0.25, -0.2) is 0 Å². The van der Waals surface area contributed by atoms with E-state index >= 15 is 0 Å². The number of unbranched alkanes of at least 4 members (excludes halogenated alkanes) is 1. The van der Waals surface area contributed by atoms with Gasteiger partial charge in [0, 0.05) is 6.54 Å². The summed E-state index contributed by atoms with van der Waals surface area (Å²) in [4.78, 5) is 0. The zero-order chi connectivity index (χ0) is 8.86. The Bertz CT molecular complexity index is 124. The van der Waals surface area contributed by atoms with Gasteiger partial charge in [-0.1, -0.05) is 13.3 Å². The molecule has 0 aliphatic carbocycles. The SMILES string of the molecule is CCCCNC1(CO)NCCO1. The topological polar surface area (TPSA) is 53.5 Å². The first-order chi connectivity index (χ1) is 5.83. The second-order valence-electron chi connectivity index (χ2n) is 3.04. The fourth-order valence-corrected chi connectivity index (χ4v) is 1.27. The van der Waals surface area contributed by atoms with E-state index < -0.39 is 5.85 Å². The van der Waals surface area contributed by atoms with Crippen molar-refractivity contribution >= 4 is 0 Å². The lowest BCUT2D eigenvalue weighted by atomic mass is 10.3. The van der Waals surface area contributed by atoms with Crippen LogP contribution in [0, 0.1) is 0 Å². The summed E-state index contributed by atoms with van der Waals surface area (Å²) in [5.74, 6) is -0.658. The fraction of sp³-hybridized carbons (Fsp3) is 1.00. The van der Waals surface area contributed by atoms with Crippen LogP contribution in [0.4, 0.5) is 0 Å². The van der Waals surface area contributed by atoms with E-state index in [-0.39, 0.29) is 6.61 Å². The zero-order valence-electron chi connectivity index (χ0n) is 7.60. The summed E-state index contributed by atoms with van der Waals surface area (Å²) in [7, 11) is 0. The lowest BCUT2D eigenvalue weighted by molar-refractivity contribution is -0.0765. The molecule has 1 unspecified atom stereocenters. The van der Waals surface area contributed by atoms with E-state index in [1.807, 2.05) is 0 Å². The predicted molar refractivity (Wildman–Crippen MR) is 46.7 cm³/mol. The first-order valence-electron chi connectivity index (χ1n) is 4.58. The van der Waals surface area contributed by atoms with Crippen molar-refractivity contribution in [3.05, 3.63) is 0 Å². The van der Waals surface area contributed by atoms with Gasteiger partial charge in [0.25, 0.3) is 0 Å². The Balaban J connectivity index is 2.24. The second-order valence-corrected chi connectivity index (χ2v) is 3.04. The molecular formula is C8H18N2O2. The highest BCUT2D eigenvalue weighted by Crippen LogP contribution is 2.07. The normalized spacial score (nSPS) is 29.5. The van der Waals surface area contributed by atoms with Crippen molar-refractivity contribution in [2.45, 2.75) is 25.6 Å². The summed E-state index contributed by atoms with van der Waals surface area (Å²) >= 11 is 0. The summed E-state index contributed by atoms with van der Waals surface area (Å²) in [6, 6.07) is 0. The van der Waals surface area contributed by atoms with Crippen molar-refractivity contribution < 1.29 is 9.84 Å². The first-order valence-corrected chi connectivity index (χ1v) is 4.58. The van der Waals surface area contributed by atoms with Crippen LogP contribution in [-0.4, -0.2) is 37.3 Å². The van der Waals surface area contributed by atoms with Gasteiger partial charge in [-0.05, 0) is 13.0 Å². The molecule has 0 saturated carbocycles. The van der Waals surface area contributed by atoms with Gasteiger partial charge in [0.05, 0.1) is 6.61 Å². The van der Waals surface area contributed by atoms with Gasteiger partial charge in [-0.3, -0.25) is 10.6 Å². The summed E-state index contributed by atoms with van der Waals surface area (Å²) in [6.07, 6.45) is 2.25. The molecule has 1 fully saturated rings. The molecule has 1 rings (SSSR count). The fourth-order valence-electron chi connectivity index (χ4n) is 1.27. The number of aliphatic hydroxyl groups is 1. The van der Waals surface area contributed by atoms with Crippen LogP contribution in [0.25, 0.3) is 0 Å². The molecule has 1 saturated heterocycles. The van der Waals surface area contributed by atoms with E-state index in [0.29, 0.717) is 6.61 Å². The number of ether oxygens (including phenoxy) is 1. The molecule has 72 valence electrons. The Labute approximate surface area is 73.3 Å². The molecule has 4 heteroatoms. The van der Waals surface area contributed by atoms with E-state index in [4.69, 9.17) is 9.84 Å². The average molecular weight is 174 g/mol. The number of rotatable bonds is 5. The Morgan fingerprint density at radius 2 is 2.50 bits per heavy atom. The molecule has 0 aromatic rings. The third-order valence-corrected chi connectivity index (χ3v) is 2.02. The van der Waals surface area contributed by atoms with Crippen molar-refractivity contribution in [2.24, 2.45) is 0 Å². The van der Waals surface area contributed by atoms with Crippen LogP contribution < -0.4 is 10.6 Å². The number of hydrogen-bond donors (Lipinski definition) is 3. The molecule has 1 aliphatic rings. The van der Waals surface area contributed by atoms with Crippen LogP contribution in [0.15, 0.2) is 0 Å². The molecule has 0 aromatic carbocycles. The van der Waals surface area contributed by atoms with Crippen molar-refractivity contribution in [2.75, 3.05) is 26.3 Å². The van der Waals surface area contributed by atoms with Gasteiger partial charge in [0.15, 0.2) is 5.85 Å². The van der Waals surface area contributed by atoms with Crippen molar-refractivity contribution in [1.82, 2.24) is 10.6 Å². The molecule has 0 radical (unpaired) electrons. The predicted octanol–water partition coefficient (Wildman–Crippen LogP) is -0.358. The molecule has 0 aromatic heterocycles. The van der Waals surface area contributed by atoms with Gasteiger partial charge < -0.3 is 9.84 Å². The lowest BCUT2D eigenvalue weighted by Gasteiger charge is -2.27. The van der Waals surface area contributed by atoms with Crippen molar-refractivity contribution in [1.29, 1.82) is 0 Å². The highest BCUT2D eigenvalue weighted by Gasteiger charge is 2.32. The standard InChI is InChI=1S/C8H18N2O2/c1-2-3-4-9-8(7-11)10-5-6-12-8/h9-11H,2-7H2,1H3. The van der Waals surface area contributed by atoms with E-state index in [1.165, 1.54) is 0 Å². The third kappa shape index (κ3) is 2.42. The molecule has 0 bridgehead atoms. The van der Waals surface area contributed by atoms with Crippen molar-refractivity contribution in [3.8, 4) is 0 Å². The third-order valence-electron chi connectivity index (χ3n) is 2.02. The molecule has 1 aliphatic heterocycles. The largest absolute Gasteiger partial charge is 0.390 e. The van der Waals surface area contributed by atoms with Crippen LogP contribution in [-0.2, 0) is 4.74 Å². The number of nitrogens with one attached hydrogen (secondary N) is 2. The molecule has 3 N–H and O–H groups in total. The van der Waals surface area contributed by atoms with Gasteiger partial charge in [-0.15, -0.1) is 0 Å². The minimum absolute atomic E-state index is 0.0171. The molecule has 0 spiro atoms. The van der Waals surface area contributed by atoms with E-state index in [0.717, 1.165) is 25.9 Å². The highest BCUT2D eigenvalue weighted by atomic mass is 16.6. The molecule has 12 heavy (non-hydrogen) atoms. The van der Waals surface area contributed by atoms with Crippen LogP contribution in [0.2, 0.25) is 0 Å². The van der Waals surface area contributed by atoms with Crippen LogP contribution >= 0.6 is 0 Å². The van der Waals surface area contributed by atoms with Gasteiger partial charge in [0.1, 0.15) is 6.61 Å². The second kappa shape index (κ2) is 4.77. The molecular weight excluding hydrogens is 156 g/mol. The summed E-state index contributed by atoms with van der Waals surface area (Å²) in [5, 5.41) is 15.3. The lowest BCUT2D eigenvalue weighted by Crippen LogP contribution is -2.57. The monoisotopic (exact) mass is 174 g/mol.